The van der Waals surface area contributed by atoms with Crippen molar-refractivity contribution in [2.75, 3.05) is 7.11 Å². The van der Waals surface area contributed by atoms with E-state index in [0.29, 0.717) is 28.2 Å². The molecular weight excluding hydrogens is 268 g/mol. The van der Waals surface area contributed by atoms with Gasteiger partial charge in [-0.2, -0.15) is 0 Å². The lowest BCUT2D eigenvalue weighted by atomic mass is 10.1. The van der Waals surface area contributed by atoms with E-state index >= 15 is 0 Å². The van der Waals surface area contributed by atoms with E-state index < -0.39 is 5.97 Å². The fourth-order valence-corrected chi connectivity index (χ4v) is 1.94. The van der Waals surface area contributed by atoms with Crippen molar-refractivity contribution < 1.29 is 19.1 Å². The number of methoxy groups -OCH3 is 1. The van der Waals surface area contributed by atoms with Crippen LogP contribution in [0, 0.1) is 6.92 Å². The maximum Gasteiger partial charge on any atom is 0.338 e. The molecule has 0 fully saturated rings. The average molecular weight is 284 g/mol. The molecular formula is C17H16O4. The summed E-state index contributed by atoms with van der Waals surface area (Å²) in [5.41, 5.74) is 1.80. The Morgan fingerprint density at radius 3 is 2.24 bits per heavy atom. The van der Waals surface area contributed by atoms with Gasteiger partial charge < -0.3 is 9.47 Å². The zero-order valence-electron chi connectivity index (χ0n) is 12.2. The summed E-state index contributed by atoms with van der Waals surface area (Å²) in [4.78, 5) is 22.9. The number of esters is 1. The van der Waals surface area contributed by atoms with Gasteiger partial charge in [0, 0.05) is 11.1 Å². The van der Waals surface area contributed by atoms with Crippen LogP contribution in [0.15, 0.2) is 42.5 Å². The van der Waals surface area contributed by atoms with E-state index in [4.69, 9.17) is 9.47 Å². The summed E-state index contributed by atoms with van der Waals surface area (Å²) in [7, 11) is 1.34. The number of benzene rings is 2. The van der Waals surface area contributed by atoms with Crippen LogP contribution in [0.4, 0.5) is 0 Å². The SMILES string of the molecule is COC(=O)c1cccc(Oc2ccc(C(C)=O)cc2)c1C. The van der Waals surface area contributed by atoms with E-state index in [9.17, 15) is 9.59 Å². The number of Topliss-reactive ketones (excluding diaryl/α,β-unsaturated/α-hetero) is 1. The van der Waals surface area contributed by atoms with Gasteiger partial charge >= 0.3 is 5.97 Å². The average Bonchev–Trinajstić information content (AvgIpc) is 2.49. The number of carbonyl (C=O) groups is 2. The number of rotatable bonds is 4. The third-order valence-corrected chi connectivity index (χ3v) is 3.18. The second kappa shape index (κ2) is 6.22. The normalized spacial score (nSPS) is 10.0. The maximum absolute atomic E-state index is 11.6. The van der Waals surface area contributed by atoms with Gasteiger partial charge in [0.05, 0.1) is 12.7 Å². The molecule has 0 atom stereocenters. The molecule has 0 N–H and O–H groups in total. The first kappa shape index (κ1) is 14.8. The number of ether oxygens (including phenoxy) is 2. The number of carbonyl (C=O) groups excluding carboxylic acids is 2. The van der Waals surface area contributed by atoms with Crippen molar-refractivity contribution >= 4 is 11.8 Å². The topological polar surface area (TPSA) is 52.6 Å². The smallest absolute Gasteiger partial charge is 0.338 e. The Morgan fingerprint density at radius 2 is 1.67 bits per heavy atom. The fraction of sp³-hybridized carbons (Fsp3) is 0.176. The Balaban J connectivity index is 2.27. The molecule has 0 amide bonds. The minimum atomic E-state index is -0.398. The number of ketones is 1. The van der Waals surface area contributed by atoms with E-state index in [1.165, 1.54) is 14.0 Å². The Kier molecular flexibility index (Phi) is 4.38. The predicted molar refractivity (Wildman–Crippen MR) is 79.0 cm³/mol. The second-order valence-corrected chi connectivity index (χ2v) is 4.60. The lowest BCUT2D eigenvalue weighted by Crippen LogP contribution is -2.04. The monoisotopic (exact) mass is 284 g/mol. The van der Waals surface area contributed by atoms with Crippen molar-refractivity contribution in [3.05, 3.63) is 59.2 Å². The van der Waals surface area contributed by atoms with Gasteiger partial charge in [0.2, 0.25) is 0 Å². The molecule has 0 unspecified atom stereocenters. The fourth-order valence-electron chi connectivity index (χ4n) is 1.94. The predicted octanol–water partition coefficient (Wildman–Crippen LogP) is 3.78. The molecule has 0 aliphatic heterocycles. The van der Waals surface area contributed by atoms with E-state index in [0.717, 1.165) is 0 Å². The summed E-state index contributed by atoms with van der Waals surface area (Å²) in [6.07, 6.45) is 0. The first-order valence-electron chi connectivity index (χ1n) is 6.49. The van der Waals surface area contributed by atoms with E-state index in [2.05, 4.69) is 0 Å². The molecule has 0 heterocycles. The molecule has 0 spiro atoms. The lowest BCUT2D eigenvalue weighted by Gasteiger charge is -2.11. The molecule has 108 valence electrons. The Hall–Kier alpha value is -2.62. The third-order valence-electron chi connectivity index (χ3n) is 3.18. The largest absolute Gasteiger partial charge is 0.465 e. The van der Waals surface area contributed by atoms with Crippen molar-refractivity contribution in [2.45, 2.75) is 13.8 Å². The number of hydrogen-bond donors (Lipinski definition) is 0. The molecule has 4 heteroatoms. The molecule has 21 heavy (non-hydrogen) atoms. The summed E-state index contributed by atoms with van der Waals surface area (Å²) in [5.74, 6) is 0.786. The molecule has 0 saturated heterocycles. The van der Waals surface area contributed by atoms with Gasteiger partial charge in [-0.25, -0.2) is 4.79 Å². The summed E-state index contributed by atoms with van der Waals surface area (Å²) in [6.45, 7) is 3.31. The number of hydrogen-bond acceptors (Lipinski definition) is 4. The minimum Gasteiger partial charge on any atom is -0.465 e. The highest BCUT2D eigenvalue weighted by atomic mass is 16.5. The highest BCUT2D eigenvalue weighted by Crippen LogP contribution is 2.27. The Bertz CT molecular complexity index is 672. The summed E-state index contributed by atoms with van der Waals surface area (Å²) >= 11 is 0. The van der Waals surface area contributed by atoms with Crippen LogP contribution < -0.4 is 4.74 Å². The summed E-state index contributed by atoms with van der Waals surface area (Å²) < 4.78 is 10.5. The van der Waals surface area contributed by atoms with Gasteiger partial charge in [0.25, 0.3) is 0 Å². The van der Waals surface area contributed by atoms with Crippen LogP contribution in [0.1, 0.15) is 33.2 Å². The van der Waals surface area contributed by atoms with Gasteiger partial charge in [-0.1, -0.05) is 6.07 Å². The van der Waals surface area contributed by atoms with Crippen molar-refractivity contribution in [3.8, 4) is 11.5 Å². The molecule has 0 radical (unpaired) electrons. The molecule has 2 aromatic rings. The molecule has 2 aromatic carbocycles. The highest BCUT2D eigenvalue weighted by Gasteiger charge is 2.13. The van der Waals surface area contributed by atoms with Crippen molar-refractivity contribution in [1.82, 2.24) is 0 Å². The first-order chi connectivity index (χ1) is 10.0. The van der Waals surface area contributed by atoms with Gasteiger partial charge in [-0.05, 0) is 50.2 Å². The van der Waals surface area contributed by atoms with Crippen LogP contribution in [-0.2, 0) is 4.74 Å². The van der Waals surface area contributed by atoms with E-state index in [-0.39, 0.29) is 5.78 Å². The zero-order chi connectivity index (χ0) is 15.4. The summed E-state index contributed by atoms with van der Waals surface area (Å²) in [6, 6.07) is 12.1. The van der Waals surface area contributed by atoms with Gasteiger partial charge in [0.15, 0.2) is 5.78 Å². The molecule has 0 aromatic heterocycles. The molecule has 0 saturated carbocycles. The van der Waals surface area contributed by atoms with Crippen molar-refractivity contribution in [2.24, 2.45) is 0 Å². The lowest BCUT2D eigenvalue weighted by molar-refractivity contribution is 0.0599. The molecule has 0 aliphatic carbocycles. The standard InChI is InChI=1S/C17H16O4/c1-11-15(17(19)20-3)5-4-6-16(11)21-14-9-7-13(8-10-14)12(2)18/h4-10H,1-3H3. The van der Waals surface area contributed by atoms with Crippen LogP contribution in [0.25, 0.3) is 0 Å². The van der Waals surface area contributed by atoms with Crippen LogP contribution in [0.5, 0.6) is 11.5 Å². The highest BCUT2D eigenvalue weighted by molar-refractivity contribution is 5.94. The third kappa shape index (κ3) is 3.28. The second-order valence-electron chi connectivity index (χ2n) is 4.60. The van der Waals surface area contributed by atoms with Gasteiger partial charge in [0.1, 0.15) is 11.5 Å². The Morgan fingerprint density at radius 1 is 1.00 bits per heavy atom. The maximum atomic E-state index is 11.6. The summed E-state index contributed by atoms with van der Waals surface area (Å²) in [5, 5.41) is 0. The van der Waals surface area contributed by atoms with Crippen LogP contribution in [-0.4, -0.2) is 18.9 Å². The molecule has 2 rings (SSSR count). The molecule has 0 aliphatic rings. The minimum absolute atomic E-state index is 0.00502. The molecule has 4 nitrogen and oxygen atoms in total. The van der Waals surface area contributed by atoms with Crippen LogP contribution in [0.2, 0.25) is 0 Å². The van der Waals surface area contributed by atoms with E-state index in [1.807, 2.05) is 0 Å². The quantitative estimate of drug-likeness (QED) is 0.633. The zero-order valence-corrected chi connectivity index (χ0v) is 12.2. The van der Waals surface area contributed by atoms with Gasteiger partial charge in [-0.3, -0.25) is 4.79 Å². The van der Waals surface area contributed by atoms with Crippen molar-refractivity contribution in [3.63, 3.8) is 0 Å². The van der Waals surface area contributed by atoms with Crippen molar-refractivity contribution in [1.29, 1.82) is 0 Å². The first-order valence-corrected chi connectivity index (χ1v) is 6.49. The van der Waals surface area contributed by atoms with Crippen LogP contribution in [0.3, 0.4) is 0 Å². The van der Waals surface area contributed by atoms with E-state index in [1.54, 1.807) is 49.4 Å². The molecule has 0 bridgehead atoms. The van der Waals surface area contributed by atoms with Gasteiger partial charge in [-0.15, -0.1) is 0 Å². The Labute approximate surface area is 123 Å². The van der Waals surface area contributed by atoms with Crippen LogP contribution >= 0.6 is 0 Å².